The molecular formula is C63H37N5OS. The Kier molecular flexibility index (Phi) is 8.43. The average molecular weight is 912 g/mol. The second kappa shape index (κ2) is 15.2. The first-order valence-electron chi connectivity index (χ1n) is 23.5. The normalized spacial score (nSPS) is 12.0. The largest absolute Gasteiger partial charge is 0.456 e. The number of hydrogen-bond acceptors (Lipinski definition) is 5. The quantitative estimate of drug-likeness (QED) is 0.167. The summed E-state index contributed by atoms with van der Waals surface area (Å²) in [6, 6.07) is 79.6. The predicted octanol–water partition coefficient (Wildman–Crippen LogP) is 17.0. The van der Waals surface area contributed by atoms with Crippen LogP contribution < -0.4 is 0 Å². The standard InChI is InChI=1S/C63H37N5OS/c1-3-15-38(16-4-1)61-64-62(40-29-33-54-49(36-40)46-21-9-12-26-53(46)67(54)41-17-5-2-6-18-41)66-63(65-61)48-23-13-27-56-59(48)50-35-39(30-34-55(50)69-56)43-22-14-28-57-60(43)47-32-31-42(37-58(47)70-57)68-51-24-10-7-19-44(51)45-20-8-11-25-52(45)68/h1-37H. The molecule has 0 aliphatic rings. The molecule has 5 heterocycles. The number of hydrogen-bond donors (Lipinski definition) is 0. The summed E-state index contributed by atoms with van der Waals surface area (Å²) >= 11 is 1.84. The topological polar surface area (TPSA) is 61.7 Å². The smallest absolute Gasteiger partial charge is 0.164 e. The van der Waals surface area contributed by atoms with E-state index in [1.165, 1.54) is 52.9 Å². The number of furan rings is 1. The van der Waals surface area contributed by atoms with E-state index in [1.807, 2.05) is 41.7 Å². The van der Waals surface area contributed by atoms with Crippen LogP contribution in [0.2, 0.25) is 0 Å². The third-order valence-corrected chi connectivity index (χ3v) is 15.1. The van der Waals surface area contributed by atoms with Crippen molar-refractivity contribution in [1.82, 2.24) is 24.1 Å². The first kappa shape index (κ1) is 38.9. The zero-order valence-electron chi connectivity index (χ0n) is 37.4. The van der Waals surface area contributed by atoms with Crippen molar-refractivity contribution in [3.8, 4) is 56.7 Å². The Morgan fingerprint density at radius 3 is 1.66 bits per heavy atom. The molecule has 10 aromatic carbocycles. The number of aromatic nitrogens is 5. The molecule has 0 atom stereocenters. The molecule has 0 amide bonds. The molecule has 326 valence electrons. The van der Waals surface area contributed by atoms with Crippen molar-refractivity contribution in [3.63, 3.8) is 0 Å². The van der Waals surface area contributed by atoms with Crippen LogP contribution in [0, 0.1) is 0 Å². The maximum absolute atomic E-state index is 6.64. The van der Waals surface area contributed by atoms with Crippen molar-refractivity contribution in [2.45, 2.75) is 0 Å². The highest BCUT2D eigenvalue weighted by atomic mass is 32.1. The van der Waals surface area contributed by atoms with Gasteiger partial charge < -0.3 is 13.6 Å². The van der Waals surface area contributed by atoms with E-state index in [2.05, 4.69) is 203 Å². The minimum Gasteiger partial charge on any atom is -0.456 e. The summed E-state index contributed by atoms with van der Waals surface area (Å²) in [5.41, 5.74) is 13.5. The fourth-order valence-corrected chi connectivity index (χ4v) is 12.0. The Bertz CT molecular complexity index is 4550. The summed E-state index contributed by atoms with van der Waals surface area (Å²) < 4.78 is 13.9. The van der Waals surface area contributed by atoms with Gasteiger partial charge in [-0.1, -0.05) is 140 Å². The second-order valence-electron chi connectivity index (χ2n) is 17.9. The van der Waals surface area contributed by atoms with Crippen LogP contribution in [-0.2, 0) is 0 Å². The van der Waals surface area contributed by atoms with Crippen LogP contribution in [-0.4, -0.2) is 24.1 Å². The van der Waals surface area contributed by atoms with Gasteiger partial charge in [-0.2, -0.15) is 0 Å². The van der Waals surface area contributed by atoms with Gasteiger partial charge in [0.2, 0.25) is 0 Å². The number of benzene rings is 10. The minimum atomic E-state index is 0.583. The van der Waals surface area contributed by atoms with Gasteiger partial charge in [0.1, 0.15) is 11.2 Å². The molecule has 0 aliphatic carbocycles. The van der Waals surface area contributed by atoms with E-state index < -0.39 is 0 Å². The molecule has 6 nitrogen and oxygen atoms in total. The van der Waals surface area contributed by atoms with Crippen molar-refractivity contribution in [1.29, 1.82) is 0 Å². The highest BCUT2D eigenvalue weighted by molar-refractivity contribution is 7.26. The second-order valence-corrected chi connectivity index (χ2v) is 19.0. The Hall–Kier alpha value is -9.17. The summed E-state index contributed by atoms with van der Waals surface area (Å²) in [7, 11) is 0. The number of nitrogens with zero attached hydrogens (tertiary/aromatic N) is 5. The Labute approximate surface area is 404 Å². The van der Waals surface area contributed by atoms with Crippen molar-refractivity contribution < 1.29 is 4.42 Å². The summed E-state index contributed by atoms with van der Waals surface area (Å²) in [5.74, 6) is 1.79. The molecule has 0 radical (unpaired) electrons. The first-order chi connectivity index (χ1) is 34.7. The molecule has 15 rings (SSSR count). The van der Waals surface area contributed by atoms with Crippen molar-refractivity contribution in [2.24, 2.45) is 0 Å². The van der Waals surface area contributed by atoms with E-state index >= 15 is 0 Å². The first-order valence-corrected chi connectivity index (χ1v) is 24.3. The number of fused-ring (bicyclic) bond motifs is 12. The van der Waals surface area contributed by atoms with E-state index in [0.29, 0.717) is 17.5 Å². The monoisotopic (exact) mass is 911 g/mol. The van der Waals surface area contributed by atoms with Crippen LogP contribution in [0.1, 0.15) is 0 Å². The van der Waals surface area contributed by atoms with Crippen LogP contribution in [0.15, 0.2) is 229 Å². The van der Waals surface area contributed by atoms with E-state index in [4.69, 9.17) is 19.4 Å². The number of thiophene rings is 1. The third-order valence-electron chi connectivity index (χ3n) is 14.0. The summed E-state index contributed by atoms with van der Waals surface area (Å²) in [6.07, 6.45) is 0. The molecule has 0 saturated carbocycles. The van der Waals surface area contributed by atoms with E-state index in [9.17, 15) is 0 Å². The molecule has 0 aliphatic heterocycles. The summed E-state index contributed by atoms with van der Waals surface area (Å²) in [6.45, 7) is 0. The zero-order valence-corrected chi connectivity index (χ0v) is 38.2. The molecule has 7 heteroatoms. The van der Waals surface area contributed by atoms with Gasteiger partial charge in [-0.05, 0) is 96.1 Å². The lowest BCUT2D eigenvalue weighted by Crippen LogP contribution is -2.00. The fourth-order valence-electron chi connectivity index (χ4n) is 10.9. The van der Waals surface area contributed by atoms with Gasteiger partial charge in [-0.25, -0.2) is 15.0 Å². The highest BCUT2D eigenvalue weighted by Crippen LogP contribution is 2.45. The highest BCUT2D eigenvalue weighted by Gasteiger charge is 2.21. The Morgan fingerprint density at radius 1 is 0.314 bits per heavy atom. The summed E-state index contributed by atoms with van der Waals surface area (Å²) in [5, 5.41) is 9.29. The Balaban J connectivity index is 0.889. The molecular weight excluding hydrogens is 875 g/mol. The van der Waals surface area contributed by atoms with Crippen LogP contribution in [0.25, 0.3) is 142 Å². The molecule has 5 aromatic heterocycles. The van der Waals surface area contributed by atoms with Gasteiger partial charge in [0, 0.05) is 80.6 Å². The lowest BCUT2D eigenvalue weighted by atomic mass is 9.97. The van der Waals surface area contributed by atoms with Crippen molar-refractivity contribution in [2.75, 3.05) is 0 Å². The molecule has 0 spiro atoms. The minimum absolute atomic E-state index is 0.583. The van der Waals surface area contributed by atoms with Crippen LogP contribution in [0.3, 0.4) is 0 Å². The van der Waals surface area contributed by atoms with Gasteiger partial charge in [0.05, 0.1) is 22.1 Å². The van der Waals surface area contributed by atoms with Crippen LogP contribution in [0.4, 0.5) is 0 Å². The Morgan fingerprint density at radius 2 is 0.900 bits per heavy atom. The van der Waals surface area contributed by atoms with E-state index in [-0.39, 0.29) is 0 Å². The lowest BCUT2D eigenvalue weighted by molar-refractivity contribution is 0.669. The van der Waals surface area contributed by atoms with Gasteiger partial charge in [-0.15, -0.1) is 11.3 Å². The fraction of sp³-hybridized carbons (Fsp3) is 0. The zero-order chi connectivity index (χ0) is 45.9. The van der Waals surface area contributed by atoms with Crippen molar-refractivity contribution >= 4 is 97.1 Å². The molecule has 0 bridgehead atoms. The molecule has 70 heavy (non-hydrogen) atoms. The summed E-state index contributed by atoms with van der Waals surface area (Å²) in [4.78, 5) is 15.7. The van der Waals surface area contributed by atoms with Gasteiger partial charge >= 0.3 is 0 Å². The van der Waals surface area contributed by atoms with E-state index in [0.717, 1.165) is 72.0 Å². The lowest BCUT2D eigenvalue weighted by Gasteiger charge is -2.10. The number of rotatable bonds is 6. The van der Waals surface area contributed by atoms with Gasteiger partial charge in [0.25, 0.3) is 0 Å². The van der Waals surface area contributed by atoms with Crippen LogP contribution in [0.5, 0.6) is 0 Å². The molecule has 0 saturated heterocycles. The third kappa shape index (κ3) is 5.89. The molecule has 15 aromatic rings. The number of para-hydroxylation sites is 4. The van der Waals surface area contributed by atoms with Gasteiger partial charge in [0.15, 0.2) is 17.5 Å². The predicted molar refractivity (Wildman–Crippen MR) is 290 cm³/mol. The maximum Gasteiger partial charge on any atom is 0.164 e. The van der Waals surface area contributed by atoms with Gasteiger partial charge in [-0.3, -0.25) is 0 Å². The SMILES string of the molecule is c1ccc(-c2nc(-c3ccc4c(c3)c3ccccc3n4-c3ccccc3)nc(-c3cccc4oc5ccc(-c6cccc7sc8cc(-n9c%10ccccc%10c%10ccccc%109)ccc8c67)cc5c34)n2)cc1. The maximum atomic E-state index is 6.64. The molecule has 0 fully saturated rings. The van der Waals surface area contributed by atoms with E-state index in [1.54, 1.807) is 0 Å². The molecule has 0 unspecified atom stereocenters. The molecule has 0 N–H and O–H groups in total. The average Bonchev–Trinajstić information content (AvgIpc) is 4.18. The van der Waals surface area contributed by atoms with Crippen molar-refractivity contribution in [3.05, 3.63) is 224 Å². The van der Waals surface area contributed by atoms with Crippen LogP contribution >= 0.6 is 11.3 Å².